The number of nitrogens with one attached hydrogen (secondary N) is 1. The van der Waals surface area contributed by atoms with Crippen LogP contribution in [0.25, 0.3) is 21.5 Å². The number of fused-ring (bicyclic) bond motifs is 2. The maximum absolute atomic E-state index is 14.0. The van der Waals surface area contributed by atoms with Crippen LogP contribution in [0.2, 0.25) is 0 Å². The van der Waals surface area contributed by atoms with E-state index >= 15 is 0 Å². The number of anilines is 2. The van der Waals surface area contributed by atoms with Gasteiger partial charge in [-0.25, -0.2) is 16.8 Å². The Balaban J connectivity index is 1.000. The topological polar surface area (TPSA) is 90.0 Å². The second-order valence-corrected chi connectivity index (χ2v) is 17.5. The first kappa shape index (κ1) is 32.3. The normalized spacial score (nSPS) is 20.6. The summed E-state index contributed by atoms with van der Waals surface area (Å²) in [4.78, 5) is 2.77. The van der Waals surface area contributed by atoms with Gasteiger partial charge in [-0.2, -0.15) is 8.61 Å². The summed E-state index contributed by atoms with van der Waals surface area (Å²) in [7, 11) is -1.47. The fourth-order valence-corrected chi connectivity index (χ4v) is 11.3. The fourth-order valence-electron chi connectivity index (χ4n) is 8.07. The van der Waals surface area contributed by atoms with Crippen molar-refractivity contribution in [3.05, 3.63) is 72.8 Å². The van der Waals surface area contributed by atoms with Gasteiger partial charge in [0.05, 0.1) is 62.1 Å². The first-order chi connectivity index (χ1) is 22.5. The molecule has 1 N–H and O–H groups in total. The van der Waals surface area contributed by atoms with Gasteiger partial charge < -0.3 is 19.2 Å². The zero-order valence-electron chi connectivity index (χ0n) is 27.6. The lowest BCUT2D eigenvalue weighted by atomic mass is 10.1. The first-order valence-electron chi connectivity index (χ1n) is 16.6. The number of benzene rings is 4. The Morgan fingerprint density at radius 2 is 0.957 bits per heavy atom. The minimum atomic E-state index is -3.64. The van der Waals surface area contributed by atoms with E-state index in [-0.39, 0.29) is 0 Å². The summed E-state index contributed by atoms with van der Waals surface area (Å²) in [6, 6.07) is 22.7. The predicted molar refractivity (Wildman–Crippen MR) is 189 cm³/mol. The molecule has 0 aromatic heterocycles. The number of hydrogen-bond acceptors (Lipinski definition) is 6. The van der Waals surface area contributed by atoms with Crippen molar-refractivity contribution in [1.82, 2.24) is 8.61 Å². The lowest BCUT2D eigenvalue weighted by Gasteiger charge is -2.53. The van der Waals surface area contributed by atoms with Crippen LogP contribution in [0, 0.1) is 0 Å². The Kier molecular flexibility index (Phi) is 8.25. The number of hydrogen-bond donors (Lipinski definition) is 1. The molecule has 10 nitrogen and oxygen atoms in total. The van der Waals surface area contributed by atoms with E-state index in [1.165, 1.54) is 0 Å². The molecule has 2 spiro atoms. The largest absolute Gasteiger partial charge is 0.388 e. The average molecular weight is 679 g/mol. The summed E-state index contributed by atoms with van der Waals surface area (Å²) in [5.74, 6) is 0. The quantitative estimate of drug-likeness (QED) is 0.315. The average Bonchev–Trinajstić information content (AvgIpc) is 3.09. The second kappa shape index (κ2) is 12.0. The van der Waals surface area contributed by atoms with Crippen LogP contribution in [0.4, 0.5) is 11.4 Å². The van der Waals surface area contributed by atoms with Crippen molar-refractivity contribution in [1.29, 1.82) is 0 Å². The van der Waals surface area contributed by atoms with Gasteiger partial charge in [0, 0.05) is 54.1 Å². The molecule has 3 aliphatic rings. The number of sulfonamides is 2. The molecule has 0 bridgehead atoms. The molecule has 0 aliphatic carbocycles. The Morgan fingerprint density at radius 1 is 0.553 bits per heavy atom. The number of piperazine rings is 3. The van der Waals surface area contributed by atoms with Gasteiger partial charge in [0.15, 0.2) is 0 Å². The maximum Gasteiger partial charge on any atom is 0.244 e. The van der Waals surface area contributed by atoms with Crippen molar-refractivity contribution in [2.75, 3.05) is 110 Å². The van der Waals surface area contributed by atoms with Gasteiger partial charge in [0.2, 0.25) is 20.0 Å². The molecule has 0 saturated carbocycles. The molecule has 250 valence electrons. The Bertz CT molecular complexity index is 2020. The van der Waals surface area contributed by atoms with Crippen LogP contribution in [0.15, 0.2) is 82.6 Å². The molecule has 47 heavy (non-hydrogen) atoms. The first-order valence-corrected chi connectivity index (χ1v) is 19.5. The van der Waals surface area contributed by atoms with Crippen LogP contribution >= 0.6 is 0 Å². The van der Waals surface area contributed by atoms with Gasteiger partial charge in [-0.3, -0.25) is 0 Å². The number of quaternary nitrogens is 2. The van der Waals surface area contributed by atoms with Gasteiger partial charge in [-0.1, -0.05) is 48.5 Å². The van der Waals surface area contributed by atoms with Crippen molar-refractivity contribution in [2.24, 2.45) is 0 Å². The van der Waals surface area contributed by atoms with Crippen LogP contribution < -0.4 is 10.2 Å². The predicted octanol–water partition coefficient (Wildman–Crippen LogP) is 3.46. The van der Waals surface area contributed by atoms with Crippen LogP contribution in [0.5, 0.6) is 0 Å². The molecular formula is C35H46N6O4S2+2. The molecule has 0 atom stereocenters. The molecule has 3 fully saturated rings. The van der Waals surface area contributed by atoms with Crippen molar-refractivity contribution >= 4 is 53.0 Å². The zero-order valence-corrected chi connectivity index (χ0v) is 29.2. The lowest BCUT2D eigenvalue weighted by molar-refractivity contribution is -1.03. The Hall–Kier alpha value is -3.26. The van der Waals surface area contributed by atoms with Crippen LogP contribution in [-0.2, 0) is 20.0 Å². The van der Waals surface area contributed by atoms with Gasteiger partial charge in [-0.05, 0) is 24.3 Å². The SMILES string of the molecule is CNc1cccc2c(S(=O)(=O)N3CC[N+]4(CC3)CC[N+]3(CCN(S(=O)(=O)c5cccc6c(N(C)C)cccc56)CC3)CC4)cccc12. The molecule has 3 heterocycles. The van der Waals surface area contributed by atoms with Gasteiger partial charge in [0.1, 0.15) is 26.2 Å². The molecule has 3 saturated heterocycles. The van der Waals surface area contributed by atoms with Gasteiger partial charge >= 0.3 is 0 Å². The highest BCUT2D eigenvalue weighted by Crippen LogP contribution is 2.34. The van der Waals surface area contributed by atoms with E-state index in [1.807, 2.05) is 86.7 Å². The molecule has 3 aliphatic heterocycles. The van der Waals surface area contributed by atoms with E-state index in [2.05, 4.69) is 5.32 Å². The summed E-state index contributed by atoms with van der Waals surface area (Å²) in [5, 5.41) is 6.54. The third-order valence-corrected chi connectivity index (χ3v) is 15.0. The van der Waals surface area contributed by atoms with Crippen LogP contribution in [-0.4, -0.2) is 134 Å². The number of nitrogens with zero attached hydrogens (tertiary/aromatic N) is 5. The van der Waals surface area contributed by atoms with Crippen molar-refractivity contribution in [3.63, 3.8) is 0 Å². The highest BCUT2D eigenvalue weighted by atomic mass is 32.2. The Labute approximate surface area is 279 Å². The summed E-state index contributed by atoms with van der Waals surface area (Å²) in [6.45, 7) is 9.27. The molecule has 0 unspecified atom stereocenters. The van der Waals surface area contributed by atoms with E-state index in [4.69, 9.17) is 0 Å². The summed E-state index contributed by atoms with van der Waals surface area (Å²) in [6.07, 6.45) is 0. The minimum Gasteiger partial charge on any atom is -0.388 e. The molecule has 4 aromatic rings. The van der Waals surface area contributed by atoms with Gasteiger partial charge in [-0.15, -0.1) is 0 Å². The molecule has 12 heteroatoms. The summed E-state index contributed by atoms with van der Waals surface area (Å²) in [5.41, 5.74) is 1.92. The summed E-state index contributed by atoms with van der Waals surface area (Å²) < 4.78 is 60.9. The third-order valence-electron chi connectivity index (χ3n) is 11.1. The highest BCUT2D eigenvalue weighted by molar-refractivity contribution is 7.89. The van der Waals surface area contributed by atoms with E-state index in [9.17, 15) is 16.8 Å². The smallest absolute Gasteiger partial charge is 0.244 e. The monoisotopic (exact) mass is 678 g/mol. The van der Waals surface area contributed by atoms with Crippen molar-refractivity contribution in [2.45, 2.75) is 9.79 Å². The molecule has 0 radical (unpaired) electrons. The highest BCUT2D eigenvalue weighted by Gasteiger charge is 2.47. The Morgan fingerprint density at radius 3 is 1.43 bits per heavy atom. The maximum atomic E-state index is 14.0. The molecular weight excluding hydrogens is 633 g/mol. The van der Waals surface area contributed by atoms with E-state index < -0.39 is 20.0 Å². The van der Waals surface area contributed by atoms with Crippen molar-refractivity contribution < 1.29 is 25.8 Å². The standard InChI is InChI=1S/C35H46N6O4S2/c1-36-32-12-4-10-30-28(32)8-6-14-34(30)46(42,43)38-16-20-40(21-17-38)24-26-41(27-25-40)22-18-39(19-23-41)47(44,45)35-15-7-9-29-31(35)11-5-13-33(29)37(2)3/h4-15,36H,16-27H2,1-3H3/q+2. The zero-order chi connectivity index (χ0) is 33.0. The van der Waals surface area contributed by atoms with Gasteiger partial charge in [0.25, 0.3) is 0 Å². The summed E-state index contributed by atoms with van der Waals surface area (Å²) >= 11 is 0. The number of rotatable bonds is 6. The van der Waals surface area contributed by atoms with Crippen LogP contribution in [0.1, 0.15) is 0 Å². The van der Waals surface area contributed by atoms with Crippen molar-refractivity contribution in [3.8, 4) is 0 Å². The molecule has 4 aromatic carbocycles. The molecule has 0 amide bonds. The third kappa shape index (κ3) is 5.58. The van der Waals surface area contributed by atoms with E-state index in [0.29, 0.717) is 36.0 Å². The second-order valence-electron chi connectivity index (χ2n) is 13.7. The fraction of sp³-hybridized carbons (Fsp3) is 0.429. The van der Waals surface area contributed by atoms with E-state index in [0.717, 1.165) is 94.2 Å². The minimum absolute atomic E-state index is 0.373. The molecule has 7 rings (SSSR count). The van der Waals surface area contributed by atoms with E-state index in [1.54, 1.807) is 20.7 Å². The lowest BCUT2D eigenvalue weighted by Crippen LogP contribution is -2.73. The van der Waals surface area contributed by atoms with Crippen LogP contribution in [0.3, 0.4) is 0 Å².